The van der Waals surface area contributed by atoms with Gasteiger partial charge in [0.25, 0.3) is 11.8 Å². The van der Waals surface area contributed by atoms with Gasteiger partial charge in [-0.25, -0.2) is 10.4 Å². The Morgan fingerprint density at radius 2 is 1.98 bits per heavy atom. The van der Waals surface area contributed by atoms with Crippen molar-refractivity contribution < 1.29 is 28.6 Å². The van der Waals surface area contributed by atoms with Crippen LogP contribution in [-0.4, -0.2) is 69.7 Å². The van der Waals surface area contributed by atoms with Crippen molar-refractivity contribution in [1.29, 1.82) is 0 Å². The molecule has 8 bridgehead atoms. The fourth-order valence-electron chi connectivity index (χ4n) is 9.39. The number of methoxy groups -OCH3 is 1. The third kappa shape index (κ3) is 6.61. The van der Waals surface area contributed by atoms with Gasteiger partial charge in [-0.1, -0.05) is 44.2 Å². The summed E-state index contributed by atoms with van der Waals surface area (Å²) >= 11 is 1.46. The number of carbonyl (C=O) groups is 3. The zero-order chi connectivity index (χ0) is 40.3. The number of rotatable bonds is 6. The topological polar surface area (TPSA) is 137 Å². The summed E-state index contributed by atoms with van der Waals surface area (Å²) < 4.78 is 20.7. The molecule has 2 fully saturated rings. The fourth-order valence-corrected chi connectivity index (χ4v) is 10.2. The average molecular weight is 803 g/mol. The molecule has 9 rings (SSSR count). The fraction of sp³-hybridized carbons (Fsp3) is 0.444. The number of pyridine rings is 1. The first-order chi connectivity index (χ1) is 28.0. The lowest BCUT2D eigenvalue weighted by Gasteiger charge is -2.36. The molecule has 13 heteroatoms. The van der Waals surface area contributed by atoms with Gasteiger partial charge in [-0.05, 0) is 86.9 Å². The Morgan fingerprint density at radius 3 is 2.81 bits per heavy atom. The standard InChI is InChI=1S/C45H50N6O6S/c1-6-50-36-16-15-27-21-30(36)31(40(50)29-12-9-19-46-39(29)26(2)55-5)23-44(3,4)25-56-42(53)33-14-10-20-51(49-33)41(52)34(22-38-47-35(27)24-58-38)48-43(54)45-18-17-37(57-45)28-11-7-8-13-32(28)45/h7-9,11-13,15-16,19,21,24,26,33-34,37,49H,6,10,14,17-18,20,22-23,25H2,1-5H3,(H,48,54)/t26-,33-,34-,37+,45-/m0/s1. The zero-order valence-electron chi connectivity index (χ0n) is 33.7. The summed E-state index contributed by atoms with van der Waals surface area (Å²) in [4.78, 5) is 52.6. The highest BCUT2D eigenvalue weighted by atomic mass is 32.1. The highest BCUT2D eigenvalue weighted by Gasteiger charge is 2.56. The Balaban J connectivity index is 1.14. The van der Waals surface area contributed by atoms with E-state index in [9.17, 15) is 14.4 Å². The number of thiazole rings is 1. The van der Waals surface area contributed by atoms with Gasteiger partial charge in [0.15, 0.2) is 5.60 Å². The molecule has 3 aromatic heterocycles. The Kier molecular flexibility index (Phi) is 9.98. The second-order valence-electron chi connectivity index (χ2n) is 16.8. The number of hydrazine groups is 1. The highest BCUT2D eigenvalue weighted by Crippen LogP contribution is 2.55. The lowest BCUT2D eigenvalue weighted by Crippen LogP contribution is -2.61. The molecule has 2 N–H and O–H groups in total. The highest BCUT2D eigenvalue weighted by molar-refractivity contribution is 7.10. The van der Waals surface area contributed by atoms with Crippen molar-refractivity contribution in [3.8, 4) is 22.5 Å². The SMILES string of the molecule is CCn1c(-c2cccnc2[C@H](C)OC)c2c3cc(ccc31)-c1csc(n1)C[C@H](NC(=O)[C@@]13CC[C@@H](O1)c1ccccc13)C(=O)N1CCC[C@H](N1)C(=O)OCC(C)(C)C2. The number of aromatic nitrogens is 3. The minimum atomic E-state index is -1.16. The normalized spacial score (nSPS) is 24.6. The van der Waals surface area contributed by atoms with E-state index in [0.29, 0.717) is 37.2 Å². The smallest absolute Gasteiger partial charge is 0.324 e. The van der Waals surface area contributed by atoms with E-state index < -0.39 is 29.1 Å². The summed E-state index contributed by atoms with van der Waals surface area (Å²) in [5.41, 5.74) is 10.3. The van der Waals surface area contributed by atoms with E-state index in [1.54, 1.807) is 13.3 Å². The van der Waals surface area contributed by atoms with E-state index in [2.05, 4.69) is 60.3 Å². The predicted molar refractivity (Wildman–Crippen MR) is 221 cm³/mol. The van der Waals surface area contributed by atoms with Crippen LogP contribution in [0.25, 0.3) is 33.4 Å². The van der Waals surface area contributed by atoms with Crippen molar-refractivity contribution in [2.75, 3.05) is 20.3 Å². The van der Waals surface area contributed by atoms with Gasteiger partial charge in [0.05, 0.1) is 40.9 Å². The van der Waals surface area contributed by atoms with E-state index >= 15 is 0 Å². The molecule has 0 unspecified atom stereocenters. The molecule has 58 heavy (non-hydrogen) atoms. The quantitative estimate of drug-likeness (QED) is 0.175. The lowest BCUT2D eigenvalue weighted by atomic mass is 9.81. The molecule has 7 heterocycles. The molecule has 4 aliphatic heterocycles. The second-order valence-corrected chi connectivity index (χ2v) is 17.7. The van der Waals surface area contributed by atoms with Gasteiger partial charge in [-0.15, -0.1) is 11.3 Å². The van der Waals surface area contributed by atoms with Crippen LogP contribution in [0, 0.1) is 5.41 Å². The molecular formula is C45H50N6O6S. The van der Waals surface area contributed by atoms with E-state index in [1.807, 2.05) is 42.6 Å². The number of hydrogen-bond acceptors (Lipinski definition) is 10. The van der Waals surface area contributed by atoms with Crippen LogP contribution in [0.4, 0.5) is 0 Å². The summed E-state index contributed by atoms with van der Waals surface area (Å²) in [6, 6.07) is 16.7. The number of esters is 1. The molecule has 0 aliphatic carbocycles. The molecule has 5 atom stereocenters. The Hall–Kier alpha value is -4.95. The summed E-state index contributed by atoms with van der Waals surface area (Å²) in [5.74, 6) is -1.08. The van der Waals surface area contributed by atoms with Gasteiger partial charge in [0.2, 0.25) is 0 Å². The number of fused-ring (bicyclic) bond motifs is 11. The minimum Gasteiger partial charge on any atom is -0.464 e. The summed E-state index contributed by atoms with van der Waals surface area (Å²) in [6.45, 7) is 9.67. The number of nitrogens with zero attached hydrogens (tertiary/aromatic N) is 4. The Morgan fingerprint density at radius 1 is 1.14 bits per heavy atom. The first-order valence-electron chi connectivity index (χ1n) is 20.4. The molecule has 12 nitrogen and oxygen atoms in total. The van der Waals surface area contributed by atoms with Crippen LogP contribution < -0.4 is 10.7 Å². The van der Waals surface area contributed by atoms with E-state index in [1.165, 1.54) is 16.3 Å². The van der Waals surface area contributed by atoms with Crippen molar-refractivity contribution >= 4 is 40.0 Å². The van der Waals surface area contributed by atoms with Gasteiger partial charge in [-0.3, -0.25) is 24.4 Å². The molecule has 2 aromatic carbocycles. The van der Waals surface area contributed by atoms with E-state index in [0.717, 1.165) is 68.8 Å². The van der Waals surface area contributed by atoms with Crippen LogP contribution in [0.1, 0.15) is 93.0 Å². The molecular weight excluding hydrogens is 753 g/mol. The Bertz CT molecular complexity index is 2420. The molecule has 0 radical (unpaired) electrons. The van der Waals surface area contributed by atoms with Crippen molar-refractivity contribution in [3.05, 3.63) is 93.6 Å². The van der Waals surface area contributed by atoms with Crippen LogP contribution in [0.2, 0.25) is 0 Å². The van der Waals surface area contributed by atoms with Gasteiger partial charge in [0.1, 0.15) is 12.1 Å². The number of carbonyl (C=O) groups excluding carboxylic acids is 3. The van der Waals surface area contributed by atoms with Crippen LogP contribution in [0.15, 0.2) is 66.2 Å². The Labute approximate surface area is 342 Å². The monoisotopic (exact) mass is 802 g/mol. The lowest BCUT2D eigenvalue weighted by molar-refractivity contribution is -0.156. The molecule has 0 spiro atoms. The maximum atomic E-state index is 14.5. The maximum absolute atomic E-state index is 14.5. The number of nitrogens with one attached hydrogen (secondary N) is 2. The average Bonchev–Trinajstić information content (AvgIpc) is 4.04. The van der Waals surface area contributed by atoms with Crippen LogP contribution in [-0.2, 0) is 53.6 Å². The number of aryl methyl sites for hydroxylation is 1. The van der Waals surface area contributed by atoms with Gasteiger partial charge in [0, 0.05) is 65.6 Å². The van der Waals surface area contributed by atoms with Gasteiger partial charge in [-0.2, -0.15) is 0 Å². The number of ether oxygens (including phenoxy) is 3. The van der Waals surface area contributed by atoms with Crippen LogP contribution in [0.5, 0.6) is 0 Å². The number of hydrogen-bond donors (Lipinski definition) is 2. The molecule has 2 amide bonds. The molecule has 4 aliphatic rings. The third-order valence-corrected chi connectivity index (χ3v) is 13.2. The van der Waals surface area contributed by atoms with Crippen molar-refractivity contribution in [2.24, 2.45) is 5.41 Å². The molecule has 302 valence electrons. The van der Waals surface area contributed by atoms with Crippen molar-refractivity contribution in [3.63, 3.8) is 0 Å². The van der Waals surface area contributed by atoms with Crippen molar-refractivity contribution in [1.82, 2.24) is 30.3 Å². The van der Waals surface area contributed by atoms with Crippen LogP contribution in [0.3, 0.4) is 0 Å². The second kappa shape index (κ2) is 15.0. The van der Waals surface area contributed by atoms with E-state index in [4.69, 9.17) is 24.2 Å². The molecule has 2 saturated heterocycles. The van der Waals surface area contributed by atoms with Gasteiger partial charge >= 0.3 is 5.97 Å². The molecule has 5 aromatic rings. The summed E-state index contributed by atoms with van der Waals surface area (Å²) in [6.07, 6.45) is 4.59. The van der Waals surface area contributed by atoms with Crippen LogP contribution >= 0.6 is 11.3 Å². The van der Waals surface area contributed by atoms with Crippen molar-refractivity contribution in [2.45, 2.75) is 103 Å². The number of cyclic esters (lactones) is 1. The largest absolute Gasteiger partial charge is 0.464 e. The number of amides is 2. The third-order valence-electron chi connectivity index (χ3n) is 12.4. The summed E-state index contributed by atoms with van der Waals surface area (Å²) in [7, 11) is 1.70. The first-order valence-corrected chi connectivity index (χ1v) is 21.3. The van der Waals surface area contributed by atoms with E-state index in [-0.39, 0.29) is 37.0 Å². The summed E-state index contributed by atoms with van der Waals surface area (Å²) in [5, 5.41) is 8.41. The molecule has 0 saturated carbocycles. The predicted octanol–water partition coefficient (Wildman–Crippen LogP) is 6.96. The van der Waals surface area contributed by atoms with Gasteiger partial charge < -0.3 is 24.1 Å². The number of benzene rings is 2. The minimum absolute atomic E-state index is 0.145. The first kappa shape index (κ1) is 38.6. The zero-order valence-corrected chi connectivity index (χ0v) is 34.5. The maximum Gasteiger partial charge on any atom is 0.324 e.